The lowest BCUT2D eigenvalue weighted by molar-refractivity contribution is -0.133. The van der Waals surface area contributed by atoms with Gasteiger partial charge < -0.3 is 10.2 Å². The van der Waals surface area contributed by atoms with Crippen LogP contribution in [0.1, 0.15) is 23.6 Å². The van der Waals surface area contributed by atoms with Gasteiger partial charge in [0.15, 0.2) is 0 Å². The molecule has 3 aromatic rings. The van der Waals surface area contributed by atoms with Crippen molar-refractivity contribution in [3.05, 3.63) is 69.0 Å². The van der Waals surface area contributed by atoms with Crippen LogP contribution in [-0.4, -0.2) is 31.2 Å². The van der Waals surface area contributed by atoms with E-state index in [1.807, 2.05) is 35.0 Å². The van der Waals surface area contributed by atoms with E-state index in [-0.39, 0.29) is 16.7 Å². The molecule has 164 valence electrons. The maximum absolute atomic E-state index is 13.1. The first-order valence-corrected chi connectivity index (χ1v) is 12.7. The molecule has 1 atom stereocenters. The van der Waals surface area contributed by atoms with E-state index in [0.717, 1.165) is 9.75 Å². The van der Waals surface area contributed by atoms with Crippen LogP contribution in [0.25, 0.3) is 0 Å². The molecule has 0 unspecified atom stereocenters. The zero-order valence-electron chi connectivity index (χ0n) is 17.1. The highest BCUT2D eigenvalue weighted by Gasteiger charge is 2.26. The van der Waals surface area contributed by atoms with Gasteiger partial charge in [0.2, 0.25) is 21.8 Å². The second-order valence-electron chi connectivity index (χ2n) is 6.90. The van der Waals surface area contributed by atoms with Crippen LogP contribution >= 0.6 is 22.7 Å². The monoisotopic (exact) mass is 477 g/mol. The fraction of sp³-hybridized carbons (Fsp3) is 0.238. The van der Waals surface area contributed by atoms with E-state index < -0.39 is 16.1 Å². The predicted molar refractivity (Wildman–Crippen MR) is 123 cm³/mol. The number of anilines is 1. The Hall–Kier alpha value is -2.53. The first-order chi connectivity index (χ1) is 14.7. The molecule has 10 heteroatoms. The van der Waals surface area contributed by atoms with Gasteiger partial charge in [-0.05, 0) is 54.1 Å². The highest BCUT2D eigenvalue weighted by atomic mass is 32.2. The Morgan fingerprint density at radius 3 is 1.97 bits per heavy atom. The first-order valence-electron chi connectivity index (χ1n) is 9.48. The normalized spacial score (nSPS) is 12.3. The van der Waals surface area contributed by atoms with Gasteiger partial charge >= 0.3 is 0 Å². The lowest BCUT2D eigenvalue weighted by atomic mass is 10.2. The van der Waals surface area contributed by atoms with Crippen molar-refractivity contribution >= 4 is 50.2 Å². The molecule has 0 saturated carbocycles. The van der Waals surface area contributed by atoms with Crippen LogP contribution in [0.15, 0.2) is 64.2 Å². The SMILES string of the molecule is CC(=O)Nc1ccc(S(=O)(=O)N[C@@H](C)C(=O)N(Cc2cccs2)Cc2cccs2)cc1. The minimum Gasteiger partial charge on any atom is -0.331 e. The summed E-state index contributed by atoms with van der Waals surface area (Å²) in [5.74, 6) is -0.551. The molecule has 2 heterocycles. The summed E-state index contributed by atoms with van der Waals surface area (Å²) in [4.78, 5) is 28.0. The van der Waals surface area contributed by atoms with Gasteiger partial charge in [-0.15, -0.1) is 22.7 Å². The third-order valence-electron chi connectivity index (χ3n) is 4.35. The van der Waals surface area contributed by atoms with Crippen LogP contribution in [0.5, 0.6) is 0 Å². The summed E-state index contributed by atoms with van der Waals surface area (Å²) in [7, 11) is -3.91. The highest BCUT2D eigenvalue weighted by Crippen LogP contribution is 2.19. The molecule has 2 N–H and O–H groups in total. The maximum atomic E-state index is 13.1. The largest absolute Gasteiger partial charge is 0.331 e. The van der Waals surface area contributed by atoms with Crippen molar-refractivity contribution in [2.45, 2.75) is 37.9 Å². The number of hydrogen-bond acceptors (Lipinski definition) is 6. The maximum Gasteiger partial charge on any atom is 0.241 e. The molecule has 0 bridgehead atoms. The summed E-state index contributed by atoms with van der Waals surface area (Å²) >= 11 is 3.10. The van der Waals surface area contributed by atoms with Gasteiger partial charge in [0, 0.05) is 22.4 Å². The molecule has 0 saturated heterocycles. The molecule has 0 aliphatic rings. The molecule has 2 amide bonds. The zero-order chi connectivity index (χ0) is 22.4. The topological polar surface area (TPSA) is 95.6 Å². The second-order valence-corrected chi connectivity index (χ2v) is 10.7. The number of nitrogens with one attached hydrogen (secondary N) is 2. The molecule has 0 aliphatic heterocycles. The van der Waals surface area contributed by atoms with Crippen molar-refractivity contribution in [2.24, 2.45) is 0 Å². The van der Waals surface area contributed by atoms with Gasteiger partial charge in [-0.25, -0.2) is 8.42 Å². The van der Waals surface area contributed by atoms with E-state index >= 15 is 0 Å². The van der Waals surface area contributed by atoms with Crippen molar-refractivity contribution in [3.63, 3.8) is 0 Å². The van der Waals surface area contributed by atoms with E-state index in [2.05, 4.69) is 10.0 Å². The molecule has 0 radical (unpaired) electrons. The summed E-state index contributed by atoms with van der Waals surface area (Å²) < 4.78 is 28.0. The molecule has 0 aliphatic carbocycles. The summed E-state index contributed by atoms with van der Waals surface area (Å²) in [5.41, 5.74) is 0.494. The molecule has 0 fully saturated rings. The van der Waals surface area contributed by atoms with Crippen molar-refractivity contribution < 1.29 is 18.0 Å². The molecule has 2 aromatic heterocycles. The highest BCUT2D eigenvalue weighted by molar-refractivity contribution is 7.89. The Bertz CT molecular complexity index is 1070. The van der Waals surface area contributed by atoms with Crippen LogP contribution in [0.3, 0.4) is 0 Å². The van der Waals surface area contributed by atoms with Crippen molar-refractivity contribution in [3.8, 4) is 0 Å². The van der Waals surface area contributed by atoms with Gasteiger partial charge in [0.1, 0.15) is 0 Å². The molecular formula is C21H23N3O4S3. The minimum atomic E-state index is -3.91. The Balaban J connectivity index is 1.73. The third kappa shape index (κ3) is 6.47. The number of hydrogen-bond donors (Lipinski definition) is 2. The van der Waals surface area contributed by atoms with Gasteiger partial charge in [0.25, 0.3) is 0 Å². The predicted octanol–water partition coefficient (Wildman–Crippen LogP) is 3.66. The Kier molecular flexibility index (Phi) is 7.60. The lowest BCUT2D eigenvalue weighted by Crippen LogP contribution is -2.46. The molecular weight excluding hydrogens is 454 g/mol. The fourth-order valence-corrected chi connectivity index (χ4v) is 5.57. The number of rotatable bonds is 9. The van der Waals surface area contributed by atoms with Gasteiger partial charge in [-0.1, -0.05) is 12.1 Å². The average molecular weight is 478 g/mol. The number of carbonyl (C=O) groups excluding carboxylic acids is 2. The van der Waals surface area contributed by atoms with E-state index in [1.54, 1.807) is 34.5 Å². The van der Waals surface area contributed by atoms with Gasteiger partial charge in [-0.3, -0.25) is 9.59 Å². The summed E-state index contributed by atoms with van der Waals surface area (Å²) in [6, 6.07) is 12.6. The third-order valence-corrected chi connectivity index (χ3v) is 7.63. The van der Waals surface area contributed by atoms with Crippen molar-refractivity contribution in [1.82, 2.24) is 9.62 Å². The van der Waals surface area contributed by atoms with E-state index in [4.69, 9.17) is 0 Å². The Morgan fingerprint density at radius 1 is 0.968 bits per heavy atom. The fourth-order valence-electron chi connectivity index (χ4n) is 2.94. The molecule has 1 aromatic carbocycles. The lowest BCUT2D eigenvalue weighted by Gasteiger charge is -2.25. The van der Waals surface area contributed by atoms with Crippen molar-refractivity contribution in [2.75, 3.05) is 5.32 Å². The van der Waals surface area contributed by atoms with Gasteiger partial charge in [-0.2, -0.15) is 4.72 Å². The quantitative estimate of drug-likeness (QED) is 0.492. The second kappa shape index (κ2) is 10.2. The number of sulfonamides is 1. The summed E-state index contributed by atoms with van der Waals surface area (Å²) in [5, 5.41) is 6.47. The Morgan fingerprint density at radius 2 is 1.52 bits per heavy atom. The minimum absolute atomic E-state index is 0.0179. The summed E-state index contributed by atoms with van der Waals surface area (Å²) in [6.45, 7) is 3.73. The van der Waals surface area contributed by atoms with E-state index in [0.29, 0.717) is 18.8 Å². The first kappa shape index (κ1) is 23.1. The van der Waals surface area contributed by atoms with Crippen molar-refractivity contribution in [1.29, 1.82) is 0 Å². The summed E-state index contributed by atoms with van der Waals surface area (Å²) in [6.07, 6.45) is 0. The Labute approximate surface area is 189 Å². The van der Waals surface area contributed by atoms with Crippen LogP contribution in [0, 0.1) is 0 Å². The molecule has 31 heavy (non-hydrogen) atoms. The van der Waals surface area contributed by atoms with Crippen LogP contribution in [-0.2, 0) is 32.7 Å². The zero-order valence-corrected chi connectivity index (χ0v) is 19.5. The van der Waals surface area contributed by atoms with Gasteiger partial charge in [0.05, 0.1) is 24.0 Å². The van der Waals surface area contributed by atoms with E-state index in [9.17, 15) is 18.0 Å². The van der Waals surface area contributed by atoms with E-state index in [1.165, 1.54) is 31.2 Å². The van der Waals surface area contributed by atoms with Crippen LogP contribution in [0.4, 0.5) is 5.69 Å². The number of nitrogens with zero attached hydrogens (tertiary/aromatic N) is 1. The van der Waals surface area contributed by atoms with Crippen LogP contribution in [0.2, 0.25) is 0 Å². The standard InChI is InChI=1S/C21H23N3O4S3/c1-15(23-31(27,28)20-9-7-17(8-10-20)22-16(2)25)21(26)24(13-18-5-3-11-29-18)14-19-6-4-12-30-19/h3-12,15,23H,13-14H2,1-2H3,(H,22,25)/t15-/m0/s1. The smallest absolute Gasteiger partial charge is 0.241 e. The molecule has 0 spiro atoms. The molecule has 3 rings (SSSR count). The molecule has 7 nitrogen and oxygen atoms in total. The number of thiophene rings is 2. The van der Waals surface area contributed by atoms with Crippen LogP contribution < -0.4 is 10.0 Å². The number of carbonyl (C=O) groups is 2. The number of benzene rings is 1. The number of amides is 2. The average Bonchev–Trinajstić information content (AvgIpc) is 3.41.